The number of Topliss-reactive ketones (excluding diaryl/α,β-unsaturated/α-hetero) is 1. The van der Waals surface area contributed by atoms with E-state index in [1.54, 1.807) is 30.3 Å². The molecule has 0 heterocycles. The van der Waals surface area contributed by atoms with Crippen LogP contribution in [0.3, 0.4) is 0 Å². The normalized spacial score (nSPS) is 10.3. The summed E-state index contributed by atoms with van der Waals surface area (Å²) in [5.41, 5.74) is 2.19. The van der Waals surface area contributed by atoms with Crippen LogP contribution in [-0.2, 0) is 4.79 Å². The average Bonchev–Trinajstić information content (AvgIpc) is 2.48. The maximum atomic E-state index is 12.0. The van der Waals surface area contributed by atoms with Crippen molar-refractivity contribution in [2.45, 2.75) is 19.8 Å². The molecule has 3 nitrogen and oxygen atoms in total. The highest BCUT2D eigenvalue weighted by Gasteiger charge is 2.11. The van der Waals surface area contributed by atoms with Crippen molar-refractivity contribution in [1.29, 1.82) is 0 Å². The minimum atomic E-state index is -0.260. The number of amides is 1. The second kappa shape index (κ2) is 7.43. The lowest BCUT2D eigenvalue weighted by molar-refractivity contribution is -0.116. The van der Waals surface area contributed by atoms with Crippen molar-refractivity contribution in [1.82, 2.24) is 0 Å². The van der Waals surface area contributed by atoms with Gasteiger partial charge in [-0.1, -0.05) is 53.0 Å². The van der Waals surface area contributed by atoms with E-state index in [0.717, 1.165) is 5.56 Å². The first-order valence-corrected chi connectivity index (χ1v) is 7.56. The Hall–Kier alpha value is -1.84. The molecule has 0 unspecified atom stereocenters. The maximum Gasteiger partial charge on any atom is 0.224 e. The smallest absolute Gasteiger partial charge is 0.224 e. The standard InChI is InChI=1S/C17H15Cl2NO2/c1-11-2-4-12(5-3-11)16(21)8-9-17(22)20-15-7-6-13(18)10-14(15)19/h2-7,10H,8-9H2,1H3,(H,20,22). The molecule has 2 aromatic carbocycles. The van der Waals surface area contributed by atoms with Gasteiger partial charge in [0.2, 0.25) is 5.91 Å². The van der Waals surface area contributed by atoms with Crippen LogP contribution in [0.2, 0.25) is 10.0 Å². The minimum absolute atomic E-state index is 0.0580. The van der Waals surface area contributed by atoms with Gasteiger partial charge in [-0.05, 0) is 25.1 Å². The molecule has 0 radical (unpaired) electrons. The number of aryl methyl sites for hydroxylation is 1. The predicted molar refractivity (Wildman–Crippen MR) is 89.8 cm³/mol. The van der Waals surface area contributed by atoms with Gasteiger partial charge >= 0.3 is 0 Å². The molecule has 2 aromatic rings. The van der Waals surface area contributed by atoms with Gasteiger partial charge in [-0.25, -0.2) is 0 Å². The SMILES string of the molecule is Cc1ccc(C(=O)CCC(=O)Nc2ccc(Cl)cc2Cl)cc1. The molecular weight excluding hydrogens is 321 g/mol. The van der Waals surface area contributed by atoms with Crippen molar-refractivity contribution >= 4 is 40.6 Å². The summed E-state index contributed by atoms with van der Waals surface area (Å²) in [6, 6.07) is 12.1. The van der Waals surface area contributed by atoms with E-state index in [4.69, 9.17) is 23.2 Å². The van der Waals surface area contributed by atoms with Gasteiger partial charge in [0.05, 0.1) is 10.7 Å². The summed E-state index contributed by atoms with van der Waals surface area (Å²) >= 11 is 11.8. The van der Waals surface area contributed by atoms with Gasteiger partial charge in [-0.2, -0.15) is 0 Å². The summed E-state index contributed by atoms with van der Waals surface area (Å²) in [5, 5.41) is 3.54. The summed E-state index contributed by atoms with van der Waals surface area (Å²) in [5.74, 6) is -0.318. The summed E-state index contributed by atoms with van der Waals surface area (Å²) in [4.78, 5) is 23.9. The van der Waals surface area contributed by atoms with Crippen molar-refractivity contribution in [2.75, 3.05) is 5.32 Å². The first kappa shape index (κ1) is 16.5. The number of carbonyl (C=O) groups excluding carboxylic acids is 2. The van der Waals surface area contributed by atoms with Gasteiger partial charge in [0.15, 0.2) is 5.78 Å². The van der Waals surface area contributed by atoms with E-state index >= 15 is 0 Å². The number of hydrogen-bond acceptors (Lipinski definition) is 2. The summed E-state index contributed by atoms with van der Waals surface area (Å²) in [7, 11) is 0. The van der Waals surface area contributed by atoms with Crippen LogP contribution in [0, 0.1) is 6.92 Å². The van der Waals surface area contributed by atoms with Gasteiger partial charge in [-0.3, -0.25) is 9.59 Å². The molecule has 0 saturated carbocycles. The number of carbonyl (C=O) groups is 2. The summed E-state index contributed by atoms with van der Waals surface area (Å²) in [6.07, 6.45) is 0.256. The van der Waals surface area contributed by atoms with E-state index in [-0.39, 0.29) is 24.5 Å². The molecule has 0 aliphatic rings. The van der Waals surface area contributed by atoms with Gasteiger partial charge in [-0.15, -0.1) is 0 Å². The zero-order valence-electron chi connectivity index (χ0n) is 12.0. The Labute approximate surface area is 139 Å². The lowest BCUT2D eigenvalue weighted by Crippen LogP contribution is -2.13. The van der Waals surface area contributed by atoms with Crippen molar-refractivity contribution in [2.24, 2.45) is 0 Å². The topological polar surface area (TPSA) is 46.2 Å². The molecular formula is C17H15Cl2NO2. The van der Waals surface area contributed by atoms with Crippen molar-refractivity contribution in [3.63, 3.8) is 0 Å². The Morgan fingerprint density at radius 3 is 2.32 bits per heavy atom. The zero-order valence-corrected chi connectivity index (χ0v) is 13.5. The quantitative estimate of drug-likeness (QED) is 0.789. The van der Waals surface area contributed by atoms with Crippen LogP contribution in [0.5, 0.6) is 0 Å². The highest BCUT2D eigenvalue weighted by atomic mass is 35.5. The Bertz CT molecular complexity index is 696. The molecule has 22 heavy (non-hydrogen) atoms. The third-order valence-corrected chi connectivity index (χ3v) is 3.71. The molecule has 0 atom stereocenters. The number of ketones is 1. The molecule has 0 saturated heterocycles. The Morgan fingerprint density at radius 2 is 1.68 bits per heavy atom. The molecule has 2 rings (SSSR count). The summed E-state index contributed by atoms with van der Waals surface area (Å²) < 4.78 is 0. The number of anilines is 1. The average molecular weight is 336 g/mol. The third kappa shape index (κ3) is 4.58. The van der Waals surface area contributed by atoms with E-state index in [2.05, 4.69) is 5.32 Å². The van der Waals surface area contributed by atoms with Crippen molar-refractivity contribution in [3.05, 3.63) is 63.6 Å². The lowest BCUT2D eigenvalue weighted by atomic mass is 10.0. The fraction of sp³-hybridized carbons (Fsp3) is 0.176. The molecule has 5 heteroatoms. The molecule has 1 amide bonds. The molecule has 0 fully saturated rings. The van der Waals surface area contributed by atoms with Crippen molar-refractivity contribution in [3.8, 4) is 0 Å². The maximum absolute atomic E-state index is 12.0. The predicted octanol–water partition coefficient (Wildman–Crippen LogP) is 4.90. The Kier molecular flexibility index (Phi) is 5.58. The molecule has 0 aromatic heterocycles. The molecule has 0 aliphatic heterocycles. The molecule has 0 bridgehead atoms. The van der Waals surface area contributed by atoms with Gasteiger partial charge < -0.3 is 5.32 Å². The van der Waals surface area contributed by atoms with E-state index < -0.39 is 0 Å². The number of hydrogen-bond donors (Lipinski definition) is 1. The summed E-state index contributed by atoms with van der Waals surface area (Å²) in [6.45, 7) is 1.96. The van der Waals surface area contributed by atoms with E-state index in [0.29, 0.717) is 21.3 Å². The van der Waals surface area contributed by atoms with Gasteiger partial charge in [0.25, 0.3) is 0 Å². The highest BCUT2D eigenvalue weighted by molar-refractivity contribution is 6.36. The van der Waals surface area contributed by atoms with Gasteiger partial charge in [0.1, 0.15) is 0 Å². The first-order chi connectivity index (χ1) is 10.5. The lowest BCUT2D eigenvalue weighted by Gasteiger charge is -2.07. The van der Waals surface area contributed by atoms with Gasteiger partial charge in [0, 0.05) is 23.4 Å². The van der Waals surface area contributed by atoms with Crippen LogP contribution < -0.4 is 5.32 Å². The van der Waals surface area contributed by atoms with Crippen LogP contribution in [-0.4, -0.2) is 11.7 Å². The van der Waals surface area contributed by atoms with Crippen LogP contribution in [0.15, 0.2) is 42.5 Å². The second-order valence-electron chi connectivity index (χ2n) is 4.96. The number of halogens is 2. The zero-order chi connectivity index (χ0) is 16.1. The first-order valence-electron chi connectivity index (χ1n) is 6.80. The Morgan fingerprint density at radius 1 is 1.00 bits per heavy atom. The van der Waals surface area contributed by atoms with E-state index in [1.165, 1.54) is 0 Å². The third-order valence-electron chi connectivity index (χ3n) is 3.16. The number of rotatable bonds is 5. The Balaban J connectivity index is 1.89. The molecule has 1 N–H and O–H groups in total. The number of benzene rings is 2. The largest absolute Gasteiger partial charge is 0.325 e. The van der Waals surface area contributed by atoms with Crippen molar-refractivity contribution < 1.29 is 9.59 Å². The van der Waals surface area contributed by atoms with Crippen LogP contribution in [0.25, 0.3) is 0 Å². The van der Waals surface area contributed by atoms with Crippen LogP contribution in [0.4, 0.5) is 5.69 Å². The monoisotopic (exact) mass is 335 g/mol. The molecule has 0 spiro atoms. The molecule has 0 aliphatic carbocycles. The highest BCUT2D eigenvalue weighted by Crippen LogP contribution is 2.25. The van der Waals surface area contributed by atoms with Crippen LogP contribution in [0.1, 0.15) is 28.8 Å². The van der Waals surface area contributed by atoms with Crippen LogP contribution >= 0.6 is 23.2 Å². The fourth-order valence-corrected chi connectivity index (χ4v) is 2.37. The van der Waals surface area contributed by atoms with E-state index in [1.807, 2.05) is 19.1 Å². The fourth-order valence-electron chi connectivity index (χ4n) is 1.91. The second-order valence-corrected chi connectivity index (χ2v) is 5.81. The number of nitrogens with one attached hydrogen (secondary N) is 1. The van der Waals surface area contributed by atoms with E-state index in [9.17, 15) is 9.59 Å². The minimum Gasteiger partial charge on any atom is -0.325 e. The molecule has 114 valence electrons.